The predicted molar refractivity (Wildman–Crippen MR) is 129 cm³/mol. The van der Waals surface area contributed by atoms with Crippen molar-refractivity contribution in [2.24, 2.45) is 0 Å². The van der Waals surface area contributed by atoms with Crippen LogP contribution in [0.2, 0.25) is 0 Å². The van der Waals surface area contributed by atoms with Crippen LogP contribution in [-0.2, 0) is 11.3 Å². The number of carbonyl (C=O) groups excluding carboxylic acids is 1. The number of alkyl halides is 2. The molecule has 8 nitrogen and oxygen atoms in total. The lowest BCUT2D eigenvalue weighted by Gasteiger charge is -2.21. The number of halogens is 3. The number of amides is 1. The molecule has 0 saturated carbocycles. The van der Waals surface area contributed by atoms with Gasteiger partial charge in [-0.05, 0) is 37.5 Å². The molecule has 184 valence electrons. The van der Waals surface area contributed by atoms with Crippen molar-refractivity contribution < 1.29 is 18.0 Å². The van der Waals surface area contributed by atoms with Crippen LogP contribution in [0.1, 0.15) is 30.6 Å². The van der Waals surface area contributed by atoms with Crippen LogP contribution in [0.15, 0.2) is 43.4 Å². The van der Waals surface area contributed by atoms with Crippen molar-refractivity contribution in [1.29, 1.82) is 0 Å². The van der Waals surface area contributed by atoms with E-state index in [4.69, 9.17) is 5.73 Å². The summed E-state index contributed by atoms with van der Waals surface area (Å²) >= 11 is 0. The van der Waals surface area contributed by atoms with Gasteiger partial charge in [0.15, 0.2) is 0 Å². The van der Waals surface area contributed by atoms with Gasteiger partial charge in [0.05, 0.1) is 45.9 Å². The molecule has 4 heterocycles. The van der Waals surface area contributed by atoms with Crippen LogP contribution in [0.4, 0.5) is 19.0 Å². The standard InChI is InChI=1S/C25H22F3N7O/c1-3-22(36)34-12-15(10-21(34)24(27)28)35-19-7-8-30-25(29)23(19)17(32-35)6-5-14-9-18-20(11-16(14)26)33(4-2)13-31-18/h3,7-9,11,13,15,21,24H,1,4,10,12H2,2H3,(H2,29,30)/t15?,21-/m1/s1. The number of benzene rings is 1. The van der Waals surface area contributed by atoms with Crippen LogP contribution in [-0.4, -0.2) is 54.1 Å². The molecule has 0 bridgehead atoms. The SMILES string of the molecule is C=CC(=O)N1CC(n2nc(C#Cc3cc4ncn(CC)c4cc3F)c3c(N)nccc32)C[C@@H]1C(F)F. The van der Waals surface area contributed by atoms with E-state index in [1.807, 2.05) is 11.5 Å². The highest BCUT2D eigenvalue weighted by atomic mass is 19.3. The van der Waals surface area contributed by atoms with Gasteiger partial charge in [0.25, 0.3) is 6.43 Å². The van der Waals surface area contributed by atoms with Gasteiger partial charge in [0.2, 0.25) is 5.91 Å². The molecule has 1 aliphatic heterocycles. The summed E-state index contributed by atoms with van der Waals surface area (Å²) in [6.45, 7) is 6.02. The molecule has 0 radical (unpaired) electrons. The molecule has 1 aliphatic rings. The van der Waals surface area contributed by atoms with Crippen molar-refractivity contribution in [3.63, 3.8) is 0 Å². The van der Waals surface area contributed by atoms with Gasteiger partial charge in [0.1, 0.15) is 17.3 Å². The number of imidazole rings is 1. The van der Waals surface area contributed by atoms with Gasteiger partial charge in [-0.25, -0.2) is 23.1 Å². The quantitative estimate of drug-likeness (QED) is 0.347. The van der Waals surface area contributed by atoms with E-state index in [0.717, 1.165) is 11.0 Å². The molecule has 4 aromatic rings. The zero-order valence-corrected chi connectivity index (χ0v) is 19.3. The minimum Gasteiger partial charge on any atom is -0.383 e. The molecule has 0 spiro atoms. The summed E-state index contributed by atoms with van der Waals surface area (Å²) in [4.78, 5) is 21.7. The highest BCUT2D eigenvalue weighted by Crippen LogP contribution is 2.34. The monoisotopic (exact) mass is 493 g/mol. The molecule has 1 saturated heterocycles. The lowest BCUT2D eigenvalue weighted by atomic mass is 10.1. The molecule has 1 aromatic carbocycles. The van der Waals surface area contributed by atoms with Gasteiger partial charge < -0.3 is 15.2 Å². The topological polar surface area (TPSA) is 94.9 Å². The zero-order valence-electron chi connectivity index (χ0n) is 19.3. The van der Waals surface area contributed by atoms with Crippen LogP contribution < -0.4 is 5.73 Å². The van der Waals surface area contributed by atoms with Crippen LogP contribution in [0.3, 0.4) is 0 Å². The Bertz CT molecular complexity index is 1560. The van der Waals surface area contributed by atoms with Crippen molar-refractivity contribution in [1.82, 2.24) is 29.2 Å². The first kappa shape index (κ1) is 23.4. The van der Waals surface area contributed by atoms with E-state index in [1.54, 1.807) is 23.1 Å². The van der Waals surface area contributed by atoms with Gasteiger partial charge >= 0.3 is 0 Å². The van der Waals surface area contributed by atoms with E-state index >= 15 is 0 Å². The molecule has 11 heteroatoms. The van der Waals surface area contributed by atoms with Crippen molar-refractivity contribution in [2.75, 3.05) is 12.3 Å². The minimum absolute atomic E-state index is 0.00545. The Morgan fingerprint density at radius 2 is 2.11 bits per heavy atom. The van der Waals surface area contributed by atoms with E-state index in [1.165, 1.54) is 12.3 Å². The number of likely N-dealkylation sites (tertiary alicyclic amines) is 1. The van der Waals surface area contributed by atoms with Crippen molar-refractivity contribution in [3.8, 4) is 11.8 Å². The number of aromatic nitrogens is 5. The fourth-order valence-electron chi connectivity index (χ4n) is 4.66. The Kier molecular flexibility index (Phi) is 5.88. The van der Waals surface area contributed by atoms with E-state index in [-0.39, 0.29) is 30.0 Å². The zero-order chi connectivity index (χ0) is 25.6. The number of anilines is 1. The summed E-state index contributed by atoms with van der Waals surface area (Å²) in [5.74, 6) is 4.75. The second-order valence-electron chi connectivity index (χ2n) is 8.47. The average Bonchev–Trinajstić information content (AvgIpc) is 3.57. The maximum atomic E-state index is 14.8. The van der Waals surface area contributed by atoms with E-state index in [9.17, 15) is 18.0 Å². The first-order valence-corrected chi connectivity index (χ1v) is 11.3. The molecule has 2 atom stereocenters. The summed E-state index contributed by atoms with van der Waals surface area (Å²) in [5, 5.41) is 4.98. The first-order chi connectivity index (χ1) is 17.3. The lowest BCUT2D eigenvalue weighted by molar-refractivity contribution is -0.129. The Balaban J connectivity index is 1.57. The van der Waals surface area contributed by atoms with Crippen LogP contribution in [0.5, 0.6) is 0 Å². The summed E-state index contributed by atoms with van der Waals surface area (Å²) in [5.41, 5.74) is 8.29. The number of hydrogen-bond donors (Lipinski definition) is 1. The molecule has 1 unspecified atom stereocenters. The summed E-state index contributed by atoms with van der Waals surface area (Å²) < 4.78 is 45.6. The summed E-state index contributed by atoms with van der Waals surface area (Å²) in [7, 11) is 0. The summed E-state index contributed by atoms with van der Waals surface area (Å²) in [6.07, 6.45) is 1.41. The maximum absolute atomic E-state index is 14.8. The molecule has 2 N–H and O–H groups in total. The molecule has 36 heavy (non-hydrogen) atoms. The Morgan fingerprint density at radius 1 is 1.31 bits per heavy atom. The van der Waals surface area contributed by atoms with Crippen LogP contribution in [0.25, 0.3) is 21.9 Å². The third-order valence-electron chi connectivity index (χ3n) is 6.43. The highest BCUT2D eigenvalue weighted by Gasteiger charge is 2.41. The van der Waals surface area contributed by atoms with E-state index in [0.29, 0.717) is 28.5 Å². The Hall–Kier alpha value is -4.33. The smallest absolute Gasteiger partial charge is 0.258 e. The van der Waals surface area contributed by atoms with Crippen LogP contribution >= 0.6 is 0 Å². The number of nitrogens with two attached hydrogens (primary N) is 1. The Morgan fingerprint density at radius 3 is 2.83 bits per heavy atom. The Labute approximate surface area is 204 Å². The number of pyridine rings is 1. The second-order valence-corrected chi connectivity index (χ2v) is 8.47. The molecule has 3 aromatic heterocycles. The van der Waals surface area contributed by atoms with Crippen molar-refractivity contribution >= 4 is 33.7 Å². The van der Waals surface area contributed by atoms with E-state index < -0.39 is 30.2 Å². The lowest BCUT2D eigenvalue weighted by Crippen LogP contribution is -2.38. The fraction of sp³-hybridized carbons (Fsp3) is 0.280. The number of hydrogen-bond acceptors (Lipinski definition) is 5. The molecular weight excluding hydrogens is 471 g/mol. The number of rotatable bonds is 4. The van der Waals surface area contributed by atoms with E-state index in [2.05, 4.69) is 33.5 Å². The van der Waals surface area contributed by atoms with Crippen LogP contribution in [0, 0.1) is 17.7 Å². The fourth-order valence-corrected chi connectivity index (χ4v) is 4.66. The van der Waals surface area contributed by atoms with Gasteiger partial charge in [-0.2, -0.15) is 5.10 Å². The maximum Gasteiger partial charge on any atom is 0.258 e. The first-order valence-electron chi connectivity index (χ1n) is 11.3. The average molecular weight is 493 g/mol. The number of nitrogen functional groups attached to an aromatic ring is 1. The number of nitrogens with zero attached hydrogens (tertiary/aromatic N) is 6. The molecule has 5 rings (SSSR count). The van der Waals surface area contributed by atoms with Crippen molar-refractivity contribution in [3.05, 3.63) is 60.5 Å². The number of fused-ring (bicyclic) bond motifs is 2. The third-order valence-corrected chi connectivity index (χ3v) is 6.43. The molecule has 1 amide bonds. The second kappa shape index (κ2) is 9.03. The predicted octanol–water partition coefficient (Wildman–Crippen LogP) is 3.52. The van der Waals surface area contributed by atoms with Gasteiger partial charge in [-0.3, -0.25) is 9.48 Å². The van der Waals surface area contributed by atoms with Gasteiger partial charge in [0, 0.05) is 25.4 Å². The molecule has 1 fully saturated rings. The largest absolute Gasteiger partial charge is 0.383 e. The molecule has 0 aliphatic carbocycles. The normalized spacial score (nSPS) is 17.6. The third kappa shape index (κ3) is 3.84. The number of carbonyl (C=O) groups is 1. The molecular formula is C25H22F3N7O. The summed E-state index contributed by atoms with van der Waals surface area (Å²) in [6, 6.07) is 2.80. The van der Waals surface area contributed by atoms with Gasteiger partial charge in [-0.15, -0.1) is 0 Å². The van der Waals surface area contributed by atoms with Crippen molar-refractivity contribution in [2.45, 2.75) is 38.4 Å². The minimum atomic E-state index is -2.72. The highest BCUT2D eigenvalue weighted by molar-refractivity contribution is 5.93. The number of aryl methyl sites for hydroxylation is 1. The van der Waals surface area contributed by atoms with Gasteiger partial charge in [-0.1, -0.05) is 12.5 Å².